The fourth-order valence-electron chi connectivity index (χ4n) is 4.13. The normalized spacial score (nSPS) is 12.6. The Labute approximate surface area is 209 Å². The number of carbonyl (C=O) groups excluding carboxylic acids is 1. The molecule has 1 amide bonds. The summed E-state index contributed by atoms with van der Waals surface area (Å²) in [6.07, 6.45) is -8.42. The van der Waals surface area contributed by atoms with Crippen LogP contribution in [0.1, 0.15) is 36.1 Å². The molecule has 0 aliphatic carbocycles. The maximum atomic E-state index is 13.5. The molecule has 1 heterocycles. The van der Waals surface area contributed by atoms with Gasteiger partial charge in [-0.25, -0.2) is 0 Å². The summed E-state index contributed by atoms with van der Waals surface area (Å²) in [5.41, 5.74) is -1.74. The van der Waals surface area contributed by atoms with Crippen molar-refractivity contribution < 1.29 is 31.1 Å². The van der Waals surface area contributed by atoms with Gasteiger partial charge in [-0.1, -0.05) is 30.3 Å². The molecule has 0 aliphatic heterocycles. The van der Waals surface area contributed by atoms with Crippen molar-refractivity contribution in [3.63, 3.8) is 0 Å². The predicted octanol–water partition coefficient (Wildman–Crippen LogP) is 8.16. The SMILES string of the molecule is Cc1ccccc1-c1c(NC(=O)C(C)(C)c2cc(C(F)(F)F)cc(C(F)(F)F)c2)ccc2ncccc12. The maximum absolute atomic E-state index is 13.5. The number of aromatic nitrogens is 1. The Morgan fingerprint density at radius 3 is 1.97 bits per heavy atom. The Morgan fingerprint density at radius 1 is 0.784 bits per heavy atom. The van der Waals surface area contributed by atoms with Gasteiger partial charge >= 0.3 is 12.4 Å². The first-order chi connectivity index (χ1) is 17.2. The van der Waals surface area contributed by atoms with Gasteiger partial charge in [-0.2, -0.15) is 26.3 Å². The lowest BCUT2D eigenvalue weighted by Crippen LogP contribution is -2.35. The molecule has 1 aromatic heterocycles. The molecule has 4 aromatic rings. The maximum Gasteiger partial charge on any atom is 0.416 e. The van der Waals surface area contributed by atoms with Crippen molar-refractivity contribution in [3.8, 4) is 11.1 Å². The minimum Gasteiger partial charge on any atom is -0.325 e. The zero-order chi connectivity index (χ0) is 27.2. The van der Waals surface area contributed by atoms with E-state index in [0.29, 0.717) is 28.9 Å². The van der Waals surface area contributed by atoms with Crippen LogP contribution in [0.25, 0.3) is 22.0 Å². The molecule has 0 fully saturated rings. The van der Waals surface area contributed by atoms with Crippen molar-refractivity contribution in [3.05, 3.63) is 95.2 Å². The van der Waals surface area contributed by atoms with Gasteiger partial charge in [0.1, 0.15) is 0 Å². The number of nitrogens with zero attached hydrogens (tertiary/aromatic N) is 1. The largest absolute Gasteiger partial charge is 0.416 e. The van der Waals surface area contributed by atoms with Crippen LogP contribution in [0.4, 0.5) is 32.0 Å². The molecule has 3 nitrogen and oxygen atoms in total. The molecule has 0 spiro atoms. The Kier molecular flexibility index (Phi) is 6.52. The number of rotatable bonds is 4. The molecule has 0 unspecified atom stereocenters. The molecule has 3 aromatic carbocycles. The van der Waals surface area contributed by atoms with Crippen molar-refractivity contribution in [2.75, 3.05) is 5.32 Å². The lowest BCUT2D eigenvalue weighted by Gasteiger charge is -2.27. The molecular formula is C28H22F6N2O. The number of amides is 1. The average Bonchev–Trinajstić information content (AvgIpc) is 2.83. The van der Waals surface area contributed by atoms with Gasteiger partial charge in [-0.3, -0.25) is 9.78 Å². The summed E-state index contributed by atoms with van der Waals surface area (Å²) in [5, 5.41) is 3.48. The highest BCUT2D eigenvalue weighted by molar-refractivity contribution is 6.08. The van der Waals surface area contributed by atoms with Crippen LogP contribution >= 0.6 is 0 Å². The minimum atomic E-state index is -5.02. The molecule has 192 valence electrons. The van der Waals surface area contributed by atoms with Crippen LogP contribution in [0.15, 0.2) is 72.9 Å². The number of hydrogen-bond donors (Lipinski definition) is 1. The standard InChI is InChI=1S/C28H22F6N2O/c1-16-7-4-5-8-20(16)24-21-9-6-12-35-22(21)10-11-23(24)36-25(37)26(2,3)17-13-18(27(29,30)31)15-19(14-17)28(32,33)34/h4-15H,1-3H3,(H,36,37). The van der Waals surface area contributed by atoms with E-state index in [1.165, 1.54) is 13.8 Å². The smallest absolute Gasteiger partial charge is 0.325 e. The quantitative estimate of drug-likeness (QED) is 0.278. The number of carbonyl (C=O) groups is 1. The van der Waals surface area contributed by atoms with Crippen LogP contribution in [0.2, 0.25) is 0 Å². The van der Waals surface area contributed by atoms with Crippen molar-refractivity contribution in [2.45, 2.75) is 38.5 Å². The van der Waals surface area contributed by atoms with Gasteiger partial charge in [-0.05, 0) is 73.9 Å². The average molecular weight is 516 g/mol. The summed E-state index contributed by atoms with van der Waals surface area (Å²) in [6.45, 7) is 4.46. The van der Waals surface area contributed by atoms with Crippen molar-refractivity contribution in [1.82, 2.24) is 4.98 Å². The number of hydrogen-bond acceptors (Lipinski definition) is 2. The first-order valence-corrected chi connectivity index (χ1v) is 11.2. The van der Waals surface area contributed by atoms with Crippen LogP contribution in [0, 0.1) is 6.92 Å². The third kappa shape index (κ3) is 5.16. The van der Waals surface area contributed by atoms with E-state index < -0.39 is 40.4 Å². The van der Waals surface area contributed by atoms with Gasteiger partial charge in [0.25, 0.3) is 0 Å². The van der Waals surface area contributed by atoms with E-state index in [1.807, 2.05) is 37.3 Å². The Morgan fingerprint density at radius 2 is 1.38 bits per heavy atom. The van der Waals surface area contributed by atoms with E-state index in [9.17, 15) is 31.1 Å². The second kappa shape index (κ2) is 9.21. The third-order valence-electron chi connectivity index (χ3n) is 6.32. The fraction of sp³-hybridized carbons (Fsp3) is 0.214. The van der Waals surface area contributed by atoms with Gasteiger partial charge in [-0.15, -0.1) is 0 Å². The van der Waals surface area contributed by atoms with Crippen LogP contribution in [0.5, 0.6) is 0 Å². The highest BCUT2D eigenvalue weighted by atomic mass is 19.4. The van der Waals surface area contributed by atoms with Crippen LogP contribution < -0.4 is 5.32 Å². The molecule has 0 atom stereocenters. The Hall–Kier alpha value is -3.88. The number of pyridine rings is 1. The van der Waals surface area contributed by atoms with Crippen molar-refractivity contribution in [1.29, 1.82) is 0 Å². The van der Waals surface area contributed by atoms with E-state index in [4.69, 9.17) is 0 Å². The molecule has 0 saturated carbocycles. The van der Waals surface area contributed by atoms with Crippen LogP contribution in [0.3, 0.4) is 0 Å². The van der Waals surface area contributed by atoms with Gasteiger partial charge in [0.05, 0.1) is 22.1 Å². The number of halogens is 6. The molecular weight excluding hydrogens is 494 g/mol. The van der Waals surface area contributed by atoms with E-state index in [1.54, 1.807) is 24.4 Å². The number of alkyl halides is 6. The Bertz CT molecular complexity index is 1460. The molecule has 37 heavy (non-hydrogen) atoms. The predicted molar refractivity (Wildman–Crippen MR) is 130 cm³/mol. The molecule has 1 N–H and O–H groups in total. The summed E-state index contributed by atoms with van der Waals surface area (Å²) < 4.78 is 80.6. The molecule has 0 radical (unpaired) electrons. The van der Waals surface area contributed by atoms with E-state index in [2.05, 4.69) is 10.3 Å². The Balaban J connectivity index is 1.83. The fourth-order valence-corrected chi connectivity index (χ4v) is 4.13. The number of fused-ring (bicyclic) bond motifs is 1. The van der Waals surface area contributed by atoms with Gasteiger partial charge in [0, 0.05) is 22.8 Å². The molecule has 0 saturated heterocycles. The number of anilines is 1. The summed E-state index contributed by atoms with van der Waals surface area (Å²) in [7, 11) is 0. The number of aryl methyl sites for hydroxylation is 1. The first-order valence-electron chi connectivity index (χ1n) is 11.2. The number of nitrogens with one attached hydrogen (secondary N) is 1. The highest BCUT2D eigenvalue weighted by Crippen LogP contribution is 2.41. The second-order valence-electron chi connectivity index (χ2n) is 9.25. The zero-order valence-corrected chi connectivity index (χ0v) is 20.1. The third-order valence-corrected chi connectivity index (χ3v) is 6.32. The minimum absolute atomic E-state index is 0.0457. The van der Waals surface area contributed by atoms with Crippen LogP contribution in [-0.4, -0.2) is 10.9 Å². The van der Waals surface area contributed by atoms with E-state index >= 15 is 0 Å². The lowest BCUT2D eigenvalue weighted by atomic mass is 9.81. The topological polar surface area (TPSA) is 42.0 Å². The summed E-state index contributed by atoms with van der Waals surface area (Å²) >= 11 is 0. The zero-order valence-electron chi connectivity index (χ0n) is 20.1. The molecule has 4 rings (SSSR count). The van der Waals surface area contributed by atoms with E-state index in [0.717, 1.165) is 16.5 Å². The van der Waals surface area contributed by atoms with Crippen LogP contribution in [-0.2, 0) is 22.6 Å². The summed E-state index contributed by atoms with van der Waals surface area (Å²) in [4.78, 5) is 17.8. The van der Waals surface area contributed by atoms with Gasteiger partial charge in [0.2, 0.25) is 5.91 Å². The number of benzene rings is 3. The van der Waals surface area contributed by atoms with Gasteiger partial charge in [0.15, 0.2) is 0 Å². The summed E-state index contributed by atoms with van der Waals surface area (Å²) in [5.74, 6) is -0.766. The molecule has 9 heteroatoms. The molecule has 0 bridgehead atoms. The monoisotopic (exact) mass is 516 g/mol. The highest BCUT2D eigenvalue weighted by Gasteiger charge is 2.40. The van der Waals surface area contributed by atoms with Crippen molar-refractivity contribution >= 4 is 22.5 Å². The lowest BCUT2D eigenvalue weighted by molar-refractivity contribution is -0.143. The summed E-state index contributed by atoms with van der Waals surface area (Å²) in [6, 6.07) is 15.5. The van der Waals surface area contributed by atoms with Gasteiger partial charge < -0.3 is 5.32 Å². The van der Waals surface area contributed by atoms with Crippen molar-refractivity contribution in [2.24, 2.45) is 0 Å². The molecule has 0 aliphatic rings. The first kappa shape index (κ1) is 26.2. The second-order valence-corrected chi connectivity index (χ2v) is 9.25. The van der Waals surface area contributed by atoms with E-state index in [-0.39, 0.29) is 6.07 Å².